The van der Waals surface area contributed by atoms with Gasteiger partial charge in [-0.25, -0.2) is 0 Å². The van der Waals surface area contributed by atoms with E-state index >= 15 is 0 Å². The van der Waals surface area contributed by atoms with E-state index in [1.807, 2.05) is 13.0 Å². The molecule has 2 rings (SSSR count). The Balaban J connectivity index is 2.25. The fourth-order valence-corrected chi connectivity index (χ4v) is 2.90. The number of piperazine rings is 1. The molecule has 1 saturated heterocycles. The van der Waals surface area contributed by atoms with Crippen LogP contribution in [0.4, 0.5) is 0 Å². The number of rotatable bonds is 5. The Labute approximate surface area is 131 Å². The molecule has 1 aliphatic heterocycles. The first-order valence-corrected chi connectivity index (χ1v) is 7.72. The minimum Gasteiger partial charge on any atom is -0.503 e. The lowest BCUT2D eigenvalue weighted by Crippen LogP contribution is -2.47. The van der Waals surface area contributed by atoms with Crippen molar-refractivity contribution in [2.45, 2.75) is 13.0 Å². The average molecular weight is 314 g/mol. The zero-order valence-electron chi connectivity index (χ0n) is 12.7. The number of hydrogen-bond acceptors (Lipinski definition) is 5. The van der Waals surface area contributed by atoms with Crippen LogP contribution in [0.2, 0.25) is 5.02 Å². The van der Waals surface area contributed by atoms with Gasteiger partial charge >= 0.3 is 0 Å². The quantitative estimate of drug-likeness (QED) is 0.866. The third-order valence-corrected chi connectivity index (χ3v) is 4.23. The molecule has 6 heteroatoms. The summed E-state index contributed by atoms with van der Waals surface area (Å²) in [5.41, 5.74) is 6.97. The Morgan fingerprint density at radius 3 is 2.57 bits per heavy atom. The van der Waals surface area contributed by atoms with E-state index in [9.17, 15) is 5.11 Å². The van der Waals surface area contributed by atoms with E-state index in [1.165, 1.54) is 0 Å². The Hall–Kier alpha value is -1.01. The van der Waals surface area contributed by atoms with Crippen molar-refractivity contribution < 1.29 is 9.84 Å². The number of phenolic OH excluding ortho intramolecular Hbond substituents is 1. The molecule has 0 saturated carbocycles. The van der Waals surface area contributed by atoms with Crippen LogP contribution in [0.5, 0.6) is 11.5 Å². The number of nitrogens with two attached hydrogens (primary N) is 1. The van der Waals surface area contributed by atoms with Gasteiger partial charge in [0.15, 0.2) is 11.5 Å². The van der Waals surface area contributed by atoms with Crippen LogP contribution >= 0.6 is 11.6 Å². The number of likely N-dealkylation sites (N-methyl/N-ethyl adjacent to an activating group) is 1. The van der Waals surface area contributed by atoms with Gasteiger partial charge in [-0.05, 0) is 31.7 Å². The predicted molar refractivity (Wildman–Crippen MR) is 85.2 cm³/mol. The van der Waals surface area contributed by atoms with Crippen molar-refractivity contribution in [2.75, 3.05) is 46.4 Å². The number of nitrogens with zero attached hydrogens (tertiary/aromatic N) is 2. The highest BCUT2D eigenvalue weighted by atomic mass is 35.5. The molecular formula is C15H24ClN3O2. The van der Waals surface area contributed by atoms with E-state index in [0.29, 0.717) is 23.9 Å². The molecule has 0 amide bonds. The average Bonchev–Trinajstić information content (AvgIpc) is 2.47. The van der Waals surface area contributed by atoms with Crippen LogP contribution in [0, 0.1) is 0 Å². The summed E-state index contributed by atoms with van der Waals surface area (Å²) in [5, 5.41) is 10.3. The van der Waals surface area contributed by atoms with Gasteiger partial charge in [-0.15, -0.1) is 0 Å². The first kappa shape index (κ1) is 16.4. The van der Waals surface area contributed by atoms with E-state index in [4.69, 9.17) is 22.1 Å². The summed E-state index contributed by atoms with van der Waals surface area (Å²) in [6, 6.07) is 3.73. The molecule has 118 valence electrons. The first-order chi connectivity index (χ1) is 10.1. The molecular weight excluding hydrogens is 290 g/mol. The molecule has 0 bridgehead atoms. The maximum Gasteiger partial charge on any atom is 0.176 e. The van der Waals surface area contributed by atoms with Crippen LogP contribution in [-0.4, -0.2) is 61.3 Å². The molecule has 1 aliphatic rings. The van der Waals surface area contributed by atoms with E-state index in [-0.39, 0.29) is 11.8 Å². The molecule has 1 aromatic carbocycles. The lowest BCUT2D eigenvalue weighted by atomic mass is 10.0. The molecule has 1 aromatic rings. The van der Waals surface area contributed by atoms with Crippen molar-refractivity contribution in [1.82, 2.24) is 9.80 Å². The predicted octanol–water partition coefficient (Wildman–Crippen LogP) is 1.69. The van der Waals surface area contributed by atoms with E-state index in [2.05, 4.69) is 16.8 Å². The van der Waals surface area contributed by atoms with Crippen molar-refractivity contribution >= 4 is 11.6 Å². The number of ether oxygens (including phenoxy) is 1. The van der Waals surface area contributed by atoms with Gasteiger partial charge in [0.25, 0.3) is 0 Å². The topological polar surface area (TPSA) is 62.0 Å². The highest BCUT2D eigenvalue weighted by molar-refractivity contribution is 6.32. The number of hydrogen-bond donors (Lipinski definition) is 2. The number of phenols is 1. The number of aromatic hydroxyl groups is 1. The normalized spacial score (nSPS) is 18.7. The van der Waals surface area contributed by atoms with Gasteiger partial charge in [0.05, 0.1) is 11.6 Å². The fourth-order valence-electron chi connectivity index (χ4n) is 2.68. The molecule has 1 atom stereocenters. The Kier molecular flexibility index (Phi) is 5.70. The second-order valence-electron chi connectivity index (χ2n) is 5.37. The van der Waals surface area contributed by atoms with Crippen LogP contribution in [0.15, 0.2) is 12.1 Å². The minimum atomic E-state index is -0.00332. The maximum atomic E-state index is 9.94. The second kappa shape index (κ2) is 7.31. The maximum absolute atomic E-state index is 9.94. The zero-order valence-corrected chi connectivity index (χ0v) is 13.4. The first-order valence-electron chi connectivity index (χ1n) is 7.34. The van der Waals surface area contributed by atoms with E-state index < -0.39 is 0 Å². The van der Waals surface area contributed by atoms with Gasteiger partial charge in [-0.2, -0.15) is 0 Å². The SMILES string of the molecule is CCOc1cc(C(CN)N2CCN(C)CC2)cc(Cl)c1O. The van der Waals surface area contributed by atoms with Gasteiger partial charge in [-0.1, -0.05) is 11.6 Å². The van der Waals surface area contributed by atoms with Gasteiger partial charge in [0.1, 0.15) is 0 Å². The Morgan fingerprint density at radius 1 is 1.33 bits per heavy atom. The van der Waals surface area contributed by atoms with Crippen LogP contribution in [0.1, 0.15) is 18.5 Å². The van der Waals surface area contributed by atoms with E-state index in [0.717, 1.165) is 31.7 Å². The molecule has 5 nitrogen and oxygen atoms in total. The molecule has 1 fully saturated rings. The van der Waals surface area contributed by atoms with Crippen LogP contribution in [0.25, 0.3) is 0 Å². The van der Waals surface area contributed by atoms with Gasteiger partial charge in [0, 0.05) is 38.8 Å². The van der Waals surface area contributed by atoms with Crippen molar-refractivity contribution in [3.8, 4) is 11.5 Å². The van der Waals surface area contributed by atoms with Gasteiger partial charge in [0.2, 0.25) is 0 Å². The lowest BCUT2D eigenvalue weighted by Gasteiger charge is -2.37. The zero-order chi connectivity index (χ0) is 15.4. The summed E-state index contributed by atoms with van der Waals surface area (Å²) in [6.07, 6.45) is 0. The highest BCUT2D eigenvalue weighted by Crippen LogP contribution is 2.38. The van der Waals surface area contributed by atoms with Crippen LogP contribution < -0.4 is 10.5 Å². The molecule has 3 N–H and O–H groups in total. The summed E-state index contributed by atoms with van der Waals surface area (Å²) < 4.78 is 5.46. The van der Waals surface area contributed by atoms with Crippen molar-refractivity contribution in [3.05, 3.63) is 22.7 Å². The second-order valence-corrected chi connectivity index (χ2v) is 5.78. The lowest BCUT2D eigenvalue weighted by molar-refractivity contribution is 0.114. The number of benzene rings is 1. The largest absolute Gasteiger partial charge is 0.503 e. The molecule has 21 heavy (non-hydrogen) atoms. The molecule has 0 spiro atoms. The van der Waals surface area contributed by atoms with Crippen molar-refractivity contribution in [1.29, 1.82) is 0 Å². The van der Waals surface area contributed by atoms with Crippen LogP contribution in [-0.2, 0) is 0 Å². The highest BCUT2D eigenvalue weighted by Gasteiger charge is 2.24. The Bertz CT molecular complexity index is 476. The van der Waals surface area contributed by atoms with Crippen molar-refractivity contribution in [2.24, 2.45) is 5.73 Å². The van der Waals surface area contributed by atoms with E-state index in [1.54, 1.807) is 6.07 Å². The molecule has 0 aliphatic carbocycles. The molecule has 1 heterocycles. The number of halogens is 1. The summed E-state index contributed by atoms with van der Waals surface area (Å²) in [5.74, 6) is 0.420. The monoisotopic (exact) mass is 313 g/mol. The summed E-state index contributed by atoms with van der Waals surface area (Å²) in [4.78, 5) is 4.66. The Morgan fingerprint density at radius 2 is 2.00 bits per heavy atom. The van der Waals surface area contributed by atoms with Gasteiger partial charge < -0.3 is 20.5 Å². The summed E-state index contributed by atoms with van der Waals surface area (Å²) in [7, 11) is 2.12. The molecule has 0 aromatic heterocycles. The fraction of sp³-hybridized carbons (Fsp3) is 0.600. The molecule has 1 unspecified atom stereocenters. The standard InChI is InChI=1S/C15H24ClN3O2/c1-3-21-14-9-11(8-12(16)15(14)20)13(10-17)19-6-4-18(2)5-7-19/h8-9,13,20H,3-7,10,17H2,1-2H3. The van der Waals surface area contributed by atoms with Crippen molar-refractivity contribution in [3.63, 3.8) is 0 Å². The minimum absolute atomic E-state index is 0.00332. The molecule has 0 radical (unpaired) electrons. The van der Waals surface area contributed by atoms with Gasteiger partial charge in [-0.3, -0.25) is 4.90 Å². The van der Waals surface area contributed by atoms with Crippen LogP contribution in [0.3, 0.4) is 0 Å². The third-order valence-electron chi connectivity index (χ3n) is 3.94. The summed E-state index contributed by atoms with van der Waals surface area (Å²) >= 11 is 6.12. The smallest absolute Gasteiger partial charge is 0.176 e. The third kappa shape index (κ3) is 3.80. The summed E-state index contributed by atoms with van der Waals surface area (Å²) in [6.45, 7) is 6.87.